The first-order valence-corrected chi connectivity index (χ1v) is 9.92. The number of benzene rings is 2. The first-order valence-electron chi connectivity index (χ1n) is 9.04. The fourth-order valence-electron chi connectivity index (χ4n) is 3.40. The summed E-state index contributed by atoms with van der Waals surface area (Å²) in [6, 6.07) is 18.1. The Hall–Kier alpha value is -2.59. The van der Waals surface area contributed by atoms with Crippen molar-refractivity contribution in [3.8, 4) is 0 Å². The molecule has 0 radical (unpaired) electrons. The molecule has 0 saturated heterocycles. The molecule has 4 rings (SSSR count). The van der Waals surface area contributed by atoms with Gasteiger partial charge in [0.25, 0.3) is 5.91 Å². The summed E-state index contributed by atoms with van der Waals surface area (Å²) < 4.78 is 0. The summed E-state index contributed by atoms with van der Waals surface area (Å²) in [5, 5.41) is 5.27. The molecular formula is C22H22N2OS. The maximum absolute atomic E-state index is 12.7. The lowest BCUT2D eigenvalue weighted by atomic mass is 10.1. The number of anilines is 2. The number of aryl methyl sites for hydroxylation is 1. The number of rotatable bonds is 4. The summed E-state index contributed by atoms with van der Waals surface area (Å²) in [6.45, 7) is 3.99. The van der Waals surface area contributed by atoms with E-state index in [0.717, 1.165) is 37.3 Å². The normalized spacial score (nSPS) is 13.3. The minimum absolute atomic E-state index is 0.0617. The zero-order valence-electron chi connectivity index (χ0n) is 14.9. The molecule has 1 aromatic heterocycles. The highest BCUT2D eigenvalue weighted by molar-refractivity contribution is 7.10. The van der Waals surface area contributed by atoms with E-state index in [1.54, 1.807) is 0 Å². The Labute approximate surface area is 158 Å². The van der Waals surface area contributed by atoms with Crippen molar-refractivity contribution in [1.29, 1.82) is 0 Å². The Morgan fingerprint density at radius 1 is 1.12 bits per heavy atom. The van der Waals surface area contributed by atoms with E-state index >= 15 is 0 Å². The Morgan fingerprint density at radius 2 is 1.92 bits per heavy atom. The van der Waals surface area contributed by atoms with Crippen LogP contribution >= 0.6 is 11.3 Å². The summed E-state index contributed by atoms with van der Waals surface area (Å²) >= 11 is 1.84. The quantitative estimate of drug-likeness (QED) is 0.698. The molecule has 26 heavy (non-hydrogen) atoms. The number of hydrogen-bond donors (Lipinski definition) is 1. The summed E-state index contributed by atoms with van der Waals surface area (Å²) in [7, 11) is 0. The Kier molecular flexibility index (Phi) is 4.76. The highest BCUT2D eigenvalue weighted by atomic mass is 32.1. The third kappa shape index (κ3) is 3.37. The van der Waals surface area contributed by atoms with Crippen LogP contribution in [0.2, 0.25) is 0 Å². The largest absolute Gasteiger partial charge is 0.365 e. The number of amides is 1. The van der Waals surface area contributed by atoms with E-state index in [1.165, 1.54) is 16.0 Å². The van der Waals surface area contributed by atoms with Gasteiger partial charge in [-0.1, -0.05) is 31.2 Å². The number of thiophene rings is 1. The molecule has 3 nitrogen and oxygen atoms in total. The summed E-state index contributed by atoms with van der Waals surface area (Å²) in [6.07, 6.45) is 2.04. The molecule has 0 saturated carbocycles. The van der Waals surface area contributed by atoms with Crippen LogP contribution in [0, 0.1) is 0 Å². The Balaban J connectivity index is 1.55. The first-order chi connectivity index (χ1) is 12.7. The summed E-state index contributed by atoms with van der Waals surface area (Å²) in [4.78, 5) is 16.5. The van der Waals surface area contributed by atoms with Crippen molar-refractivity contribution < 1.29 is 4.79 Å². The van der Waals surface area contributed by atoms with Crippen LogP contribution in [0.4, 0.5) is 11.4 Å². The van der Waals surface area contributed by atoms with E-state index in [0.29, 0.717) is 5.56 Å². The van der Waals surface area contributed by atoms with Crippen LogP contribution in [0.25, 0.3) is 0 Å². The van der Waals surface area contributed by atoms with Gasteiger partial charge in [-0.25, -0.2) is 0 Å². The van der Waals surface area contributed by atoms with Gasteiger partial charge >= 0.3 is 0 Å². The lowest BCUT2D eigenvalue weighted by Crippen LogP contribution is -2.30. The van der Waals surface area contributed by atoms with Gasteiger partial charge in [0.15, 0.2) is 0 Å². The number of carbonyl (C=O) groups is 1. The zero-order valence-corrected chi connectivity index (χ0v) is 15.7. The van der Waals surface area contributed by atoms with Crippen molar-refractivity contribution in [2.24, 2.45) is 0 Å². The maximum atomic E-state index is 12.7. The van der Waals surface area contributed by atoms with Gasteiger partial charge in [0.1, 0.15) is 0 Å². The van der Waals surface area contributed by atoms with Gasteiger partial charge in [-0.15, -0.1) is 11.3 Å². The molecule has 0 fully saturated rings. The van der Waals surface area contributed by atoms with Gasteiger partial charge in [-0.3, -0.25) is 4.79 Å². The van der Waals surface area contributed by atoms with Gasteiger partial charge in [0.05, 0.1) is 11.4 Å². The van der Waals surface area contributed by atoms with E-state index in [4.69, 9.17) is 0 Å². The molecule has 1 amide bonds. The van der Waals surface area contributed by atoms with Crippen LogP contribution in [-0.4, -0.2) is 12.5 Å². The fraction of sp³-hybridized carbons (Fsp3) is 0.227. The van der Waals surface area contributed by atoms with Gasteiger partial charge in [0.2, 0.25) is 0 Å². The van der Waals surface area contributed by atoms with E-state index in [9.17, 15) is 4.79 Å². The van der Waals surface area contributed by atoms with Crippen molar-refractivity contribution in [3.05, 3.63) is 81.5 Å². The first kappa shape index (κ1) is 16.9. The standard InChI is InChI=1S/C22H22N2OS/c1-2-16-7-9-17(10-8-16)22(25)23-19-5-3-4-6-20(19)24-13-11-21-18(15-24)12-14-26-21/h3-10,12,14H,2,11,13,15H2,1H3,(H,23,25). The molecule has 0 spiro atoms. The number of nitrogens with one attached hydrogen (secondary N) is 1. The number of para-hydroxylation sites is 2. The number of fused-ring (bicyclic) bond motifs is 1. The molecule has 0 bridgehead atoms. The van der Waals surface area contributed by atoms with Gasteiger partial charge in [-0.2, -0.15) is 0 Å². The van der Waals surface area contributed by atoms with Crippen molar-refractivity contribution in [3.63, 3.8) is 0 Å². The van der Waals surface area contributed by atoms with E-state index in [2.05, 4.69) is 34.7 Å². The van der Waals surface area contributed by atoms with E-state index < -0.39 is 0 Å². The second kappa shape index (κ2) is 7.34. The smallest absolute Gasteiger partial charge is 0.255 e. The summed E-state index contributed by atoms with van der Waals surface area (Å²) in [5.74, 6) is -0.0617. The van der Waals surface area contributed by atoms with E-state index in [-0.39, 0.29) is 5.91 Å². The molecule has 3 aromatic rings. The number of nitrogens with zero attached hydrogens (tertiary/aromatic N) is 1. The molecule has 0 unspecified atom stereocenters. The third-order valence-electron chi connectivity index (χ3n) is 4.92. The lowest BCUT2D eigenvalue weighted by molar-refractivity contribution is 0.102. The molecule has 0 aliphatic carbocycles. The lowest BCUT2D eigenvalue weighted by Gasteiger charge is -2.30. The van der Waals surface area contributed by atoms with E-state index in [1.807, 2.05) is 53.8 Å². The number of hydrogen-bond acceptors (Lipinski definition) is 3. The Morgan fingerprint density at radius 3 is 2.73 bits per heavy atom. The summed E-state index contributed by atoms with van der Waals surface area (Å²) in [5.41, 5.74) is 5.29. The van der Waals surface area contributed by atoms with Gasteiger partial charge < -0.3 is 10.2 Å². The van der Waals surface area contributed by atoms with Crippen LogP contribution < -0.4 is 10.2 Å². The molecule has 1 aliphatic heterocycles. The topological polar surface area (TPSA) is 32.3 Å². The molecule has 1 N–H and O–H groups in total. The van der Waals surface area contributed by atoms with Crippen LogP contribution in [-0.2, 0) is 19.4 Å². The average Bonchev–Trinajstić information content (AvgIpc) is 3.16. The van der Waals surface area contributed by atoms with Crippen LogP contribution in [0.15, 0.2) is 60.0 Å². The molecule has 132 valence electrons. The van der Waals surface area contributed by atoms with Crippen molar-refractivity contribution >= 4 is 28.6 Å². The third-order valence-corrected chi connectivity index (χ3v) is 5.95. The monoisotopic (exact) mass is 362 g/mol. The maximum Gasteiger partial charge on any atom is 0.255 e. The van der Waals surface area contributed by atoms with Crippen LogP contribution in [0.3, 0.4) is 0 Å². The van der Waals surface area contributed by atoms with Crippen LogP contribution in [0.5, 0.6) is 0 Å². The predicted molar refractivity (Wildman–Crippen MR) is 109 cm³/mol. The number of carbonyl (C=O) groups excluding carboxylic acids is 1. The second-order valence-corrected chi connectivity index (χ2v) is 7.56. The molecule has 4 heteroatoms. The Bertz CT molecular complexity index is 914. The molecule has 2 aromatic carbocycles. The van der Waals surface area contributed by atoms with Crippen molar-refractivity contribution in [2.75, 3.05) is 16.8 Å². The molecule has 2 heterocycles. The fourth-order valence-corrected chi connectivity index (χ4v) is 4.29. The van der Waals surface area contributed by atoms with Gasteiger partial charge in [-0.05, 0) is 59.7 Å². The molecular weight excluding hydrogens is 340 g/mol. The molecule has 1 aliphatic rings. The SMILES string of the molecule is CCc1ccc(C(=O)Nc2ccccc2N2CCc3sccc3C2)cc1. The zero-order chi connectivity index (χ0) is 17.9. The van der Waals surface area contributed by atoms with Gasteiger partial charge in [0, 0.05) is 23.5 Å². The highest BCUT2D eigenvalue weighted by Crippen LogP contribution is 2.32. The van der Waals surface area contributed by atoms with Crippen LogP contribution in [0.1, 0.15) is 33.3 Å². The minimum atomic E-state index is -0.0617. The predicted octanol–water partition coefficient (Wildman–Crippen LogP) is 5.13. The average molecular weight is 362 g/mol. The van der Waals surface area contributed by atoms with Crippen molar-refractivity contribution in [1.82, 2.24) is 0 Å². The molecule has 0 atom stereocenters. The minimum Gasteiger partial charge on any atom is -0.365 e. The highest BCUT2D eigenvalue weighted by Gasteiger charge is 2.20. The second-order valence-electron chi connectivity index (χ2n) is 6.56. The van der Waals surface area contributed by atoms with Crippen molar-refractivity contribution in [2.45, 2.75) is 26.3 Å².